The number of benzene rings is 2. The van der Waals surface area contributed by atoms with Gasteiger partial charge in [-0.25, -0.2) is 0 Å². The minimum absolute atomic E-state index is 0.172. The zero-order valence-electron chi connectivity index (χ0n) is 18.9. The Kier molecular flexibility index (Phi) is 7.99. The molecule has 0 aliphatic carbocycles. The summed E-state index contributed by atoms with van der Waals surface area (Å²) < 4.78 is 18.1. The molecule has 9 heteroatoms. The molecule has 1 N–H and O–H groups in total. The molecule has 0 radical (unpaired) electrons. The molecule has 0 aliphatic heterocycles. The number of methoxy groups -OCH3 is 2. The van der Waals surface area contributed by atoms with Crippen LogP contribution in [0.3, 0.4) is 0 Å². The quantitative estimate of drug-likeness (QED) is 0.456. The average molecular weight is 457 g/mol. The Hall–Kier alpha value is -3.20. The van der Waals surface area contributed by atoms with Gasteiger partial charge in [-0.1, -0.05) is 25.6 Å². The molecule has 0 spiro atoms. The first-order valence-electron chi connectivity index (χ1n) is 10.2. The maximum atomic E-state index is 12.5. The Labute approximate surface area is 192 Å². The number of nitrogens with one attached hydrogen (secondary N) is 1. The molecule has 0 bridgehead atoms. The molecule has 3 rings (SSSR count). The van der Waals surface area contributed by atoms with Crippen LogP contribution in [-0.4, -0.2) is 47.3 Å². The van der Waals surface area contributed by atoms with Crippen molar-refractivity contribution in [3.05, 3.63) is 42.5 Å². The molecule has 0 aliphatic rings. The van der Waals surface area contributed by atoms with Gasteiger partial charge in [0.25, 0.3) is 0 Å². The first-order valence-corrected chi connectivity index (χ1v) is 11.2. The highest BCUT2D eigenvalue weighted by Gasteiger charge is 2.14. The van der Waals surface area contributed by atoms with Crippen LogP contribution in [0.15, 0.2) is 47.6 Å². The topological polar surface area (TPSA) is 87.5 Å². The summed E-state index contributed by atoms with van der Waals surface area (Å²) in [6, 6.07) is 13.0. The maximum absolute atomic E-state index is 12.5. The molecule has 2 aromatic carbocycles. The molecule has 1 amide bonds. The molecule has 1 aromatic heterocycles. The van der Waals surface area contributed by atoms with E-state index in [2.05, 4.69) is 29.4 Å². The standard InChI is InChI=1S/C23H28N4O4S/c1-15(2)13-31-17-8-6-16(7-9-17)22-25-26-23(27(22)3)32-14-21(28)24-19-11-10-18(29-4)12-20(19)30-5/h6-12,15H,13-14H2,1-5H3,(H,24,28). The minimum atomic E-state index is -0.172. The smallest absolute Gasteiger partial charge is 0.234 e. The summed E-state index contributed by atoms with van der Waals surface area (Å²) in [5, 5.41) is 12.0. The van der Waals surface area contributed by atoms with E-state index in [1.165, 1.54) is 11.8 Å². The van der Waals surface area contributed by atoms with Crippen LogP contribution in [0.25, 0.3) is 11.4 Å². The van der Waals surface area contributed by atoms with Crippen molar-refractivity contribution < 1.29 is 19.0 Å². The van der Waals surface area contributed by atoms with Gasteiger partial charge in [-0.05, 0) is 42.3 Å². The first-order chi connectivity index (χ1) is 15.4. The summed E-state index contributed by atoms with van der Waals surface area (Å²) in [6.07, 6.45) is 0. The van der Waals surface area contributed by atoms with Crippen LogP contribution in [0, 0.1) is 5.92 Å². The lowest BCUT2D eigenvalue weighted by Crippen LogP contribution is -2.15. The van der Waals surface area contributed by atoms with Crippen LogP contribution >= 0.6 is 11.8 Å². The highest BCUT2D eigenvalue weighted by molar-refractivity contribution is 7.99. The van der Waals surface area contributed by atoms with Gasteiger partial charge < -0.3 is 24.1 Å². The third-order valence-electron chi connectivity index (χ3n) is 4.55. The number of hydrogen-bond donors (Lipinski definition) is 1. The summed E-state index contributed by atoms with van der Waals surface area (Å²) in [7, 11) is 5.00. The van der Waals surface area contributed by atoms with Gasteiger partial charge in [-0.2, -0.15) is 0 Å². The predicted molar refractivity (Wildman–Crippen MR) is 126 cm³/mol. The zero-order valence-corrected chi connectivity index (χ0v) is 19.7. The van der Waals surface area contributed by atoms with Crippen LogP contribution in [0.1, 0.15) is 13.8 Å². The average Bonchev–Trinajstić information content (AvgIpc) is 3.17. The highest BCUT2D eigenvalue weighted by Crippen LogP contribution is 2.30. The van der Waals surface area contributed by atoms with Gasteiger partial charge in [0.05, 0.1) is 32.3 Å². The van der Waals surface area contributed by atoms with E-state index < -0.39 is 0 Å². The molecular formula is C23H28N4O4S. The molecule has 0 saturated carbocycles. The van der Waals surface area contributed by atoms with Crippen molar-refractivity contribution in [1.82, 2.24) is 14.8 Å². The van der Waals surface area contributed by atoms with E-state index in [-0.39, 0.29) is 11.7 Å². The number of aromatic nitrogens is 3. The lowest BCUT2D eigenvalue weighted by molar-refractivity contribution is -0.113. The second-order valence-corrected chi connectivity index (χ2v) is 8.44. The van der Waals surface area contributed by atoms with Gasteiger partial charge in [-0.3, -0.25) is 4.79 Å². The predicted octanol–water partition coefficient (Wildman–Crippen LogP) is 4.26. The lowest BCUT2D eigenvalue weighted by atomic mass is 10.2. The van der Waals surface area contributed by atoms with Crippen molar-refractivity contribution in [2.45, 2.75) is 19.0 Å². The van der Waals surface area contributed by atoms with Crippen LogP contribution < -0.4 is 19.5 Å². The molecular weight excluding hydrogens is 428 g/mol. The molecule has 0 atom stereocenters. The van der Waals surface area contributed by atoms with Crippen LogP contribution in [0.2, 0.25) is 0 Å². The fourth-order valence-electron chi connectivity index (χ4n) is 2.87. The first kappa shape index (κ1) is 23.5. The van der Waals surface area contributed by atoms with Gasteiger partial charge >= 0.3 is 0 Å². The van der Waals surface area contributed by atoms with E-state index >= 15 is 0 Å². The summed E-state index contributed by atoms with van der Waals surface area (Å²) in [5.74, 6) is 3.21. The number of anilines is 1. The van der Waals surface area contributed by atoms with Crippen molar-refractivity contribution in [3.63, 3.8) is 0 Å². The molecule has 0 saturated heterocycles. The largest absolute Gasteiger partial charge is 0.497 e. The Balaban J connectivity index is 1.61. The van der Waals surface area contributed by atoms with Crippen molar-refractivity contribution in [1.29, 1.82) is 0 Å². The fraction of sp³-hybridized carbons (Fsp3) is 0.348. The fourth-order valence-corrected chi connectivity index (χ4v) is 3.58. The lowest BCUT2D eigenvalue weighted by Gasteiger charge is -2.11. The number of carbonyl (C=O) groups excluding carboxylic acids is 1. The Bertz CT molecular complexity index is 1050. The Morgan fingerprint density at radius 2 is 1.78 bits per heavy atom. The number of carbonyl (C=O) groups is 1. The van der Waals surface area contributed by atoms with E-state index in [4.69, 9.17) is 14.2 Å². The Morgan fingerprint density at radius 1 is 1.06 bits per heavy atom. The minimum Gasteiger partial charge on any atom is -0.497 e. The second kappa shape index (κ2) is 10.9. The second-order valence-electron chi connectivity index (χ2n) is 7.50. The normalized spacial score (nSPS) is 10.8. The maximum Gasteiger partial charge on any atom is 0.234 e. The summed E-state index contributed by atoms with van der Waals surface area (Å²) in [4.78, 5) is 12.5. The highest BCUT2D eigenvalue weighted by atomic mass is 32.2. The van der Waals surface area contributed by atoms with Crippen LogP contribution in [0.4, 0.5) is 5.69 Å². The Morgan fingerprint density at radius 3 is 2.44 bits per heavy atom. The zero-order chi connectivity index (χ0) is 23.1. The summed E-state index contributed by atoms with van der Waals surface area (Å²) >= 11 is 1.31. The van der Waals surface area contributed by atoms with E-state index in [0.717, 1.165) is 17.1 Å². The van der Waals surface area contributed by atoms with Crippen molar-refractivity contribution in [2.75, 3.05) is 31.9 Å². The van der Waals surface area contributed by atoms with Gasteiger partial charge in [0.15, 0.2) is 11.0 Å². The van der Waals surface area contributed by atoms with Crippen LogP contribution in [0.5, 0.6) is 17.2 Å². The van der Waals surface area contributed by atoms with E-state index in [9.17, 15) is 4.79 Å². The van der Waals surface area contributed by atoms with Gasteiger partial charge in [0.2, 0.25) is 5.91 Å². The monoisotopic (exact) mass is 456 g/mol. The number of nitrogens with zero attached hydrogens (tertiary/aromatic N) is 3. The van der Waals surface area contributed by atoms with Crippen molar-refractivity contribution >= 4 is 23.4 Å². The summed E-state index contributed by atoms with van der Waals surface area (Å²) in [5.41, 5.74) is 1.51. The molecule has 1 heterocycles. The van der Waals surface area contributed by atoms with E-state index in [0.29, 0.717) is 34.9 Å². The van der Waals surface area contributed by atoms with Crippen molar-refractivity contribution in [3.8, 4) is 28.6 Å². The van der Waals surface area contributed by atoms with E-state index in [1.54, 1.807) is 32.4 Å². The number of thioether (sulfide) groups is 1. The number of rotatable bonds is 10. The number of ether oxygens (including phenoxy) is 3. The van der Waals surface area contributed by atoms with Gasteiger partial charge in [-0.15, -0.1) is 10.2 Å². The number of hydrogen-bond acceptors (Lipinski definition) is 7. The van der Waals surface area contributed by atoms with Crippen molar-refractivity contribution in [2.24, 2.45) is 13.0 Å². The molecule has 170 valence electrons. The van der Waals surface area contributed by atoms with Gasteiger partial charge in [0.1, 0.15) is 17.2 Å². The van der Waals surface area contributed by atoms with E-state index in [1.807, 2.05) is 35.9 Å². The molecule has 3 aromatic rings. The molecule has 0 unspecified atom stereocenters. The molecule has 0 fully saturated rings. The third-order valence-corrected chi connectivity index (χ3v) is 5.57. The summed E-state index contributed by atoms with van der Waals surface area (Å²) in [6.45, 7) is 4.90. The third kappa shape index (κ3) is 5.94. The van der Waals surface area contributed by atoms with Crippen LogP contribution in [-0.2, 0) is 11.8 Å². The number of amides is 1. The SMILES string of the molecule is COc1ccc(NC(=O)CSc2nnc(-c3ccc(OCC(C)C)cc3)n2C)c(OC)c1. The molecule has 8 nitrogen and oxygen atoms in total. The molecule has 32 heavy (non-hydrogen) atoms. The van der Waals surface area contributed by atoms with Gasteiger partial charge in [0, 0.05) is 18.7 Å².